The number of carbonyl (C=O) groups is 1. The van der Waals surface area contributed by atoms with Crippen LogP contribution in [0.15, 0.2) is 30.3 Å². The van der Waals surface area contributed by atoms with Gasteiger partial charge in [0.2, 0.25) is 0 Å². The normalized spacial score (nSPS) is 14.9. The SMILES string of the molecule is Cc1cccc(-n2c(C)cc(C(=O)N(C)C3CCNCC3)c2C)c1.Cl. The molecule has 1 amide bonds. The van der Waals surface area contributed by atoms with Gasteiger partial charge >= 0.3 is 0 Å². The number of benzene rings is 1. The number of rotatable bonds is 3. The van der Waals surface area contributed by atoms with E-state index >= 15 is 0 Å². The van der Waals surface area contributed by atoms with Gasteiger partial charge in [0.25, 0.3) is 5.91 Å². The lowest BCUT2D eigenvalue weighted by molar-refractivity contribution is 0.0702. The van der Waals surface area contributed by atoms with E-state index in [0.717, 1.165) is 48.6 Å². The second kappa shape index (κ2) is 8.07. The van der Waals surface area contributed by atoms with Crippen LogP contribution in [0.5, 0.6) is 0 Å². The Labute approximate surface area is 156 Å². The third-order valence-corrected chi connectivity index (χ3v) is 5.10. The summed E-state index contributed by atoms with van der Waals surface area (Å²) in [5.41, 5.74) is 5.27. The lowest BCUT2D eigenvalue weighted by Gasteiger charge is -2.31. The number of piperidine rings is 1. The molecule has 0 atom stereocenters. The molecule has 0 unspecified atom stereocenters. The number of nitrogens with zero attached hydrogens (tertiary/aromatic N) is 2. The molecule has 0 aliphatic carbocycles. The topological polar surface area (TPSA) is 37.3 Å². The molecule has 1 saturated heterocycles. The van der Waals surface area contributed by atoms with Crippen molar-refractivity contribution in [2.45, 2.75) is 39.7 Å². The minimum atomic E-state index is 0. The van der Waals surface area contributed by atoms with E-state index in [4.69, 9.17) is 0 Å². The average Bonchev–Trinajstić information content (AvgIpc) is 2.89. The quantitative estimate of drug-likeness (QED) is 0.906. The van der Waals surface area contributed by atoms with Crippen LogP contribution in [-0.4, -0.2) is 41.6 Å². The summed E-state index contributed by atoms with van der Waals surface area (Å²) in [6.07, 6.45) is 2.05. The summed E-state index contributed by atoms with van der Waals surface area (Å²) in [4.78, 5) is 15.0. The number of aryl methyl sites for hydroxylation is 2. The first-order valence-electron chi connectivity index (χ1n) is 8.73. The van der Waals surface area contributed by atoms with Gasteiger partial charge in [-0.15, -0.1) is 12.4 Å². The van der Waals surface area contributed by atoms with Crippen LogP contribution in [0.1, 0.15) is 40.2 Å². The molecule has 136 valence electrons. The Morgan fingerprint density at radius 3 is 2.48 bits per heavy atom. The summed E-state index contributed by atoms with van der Waals surface area (Å²) in [6.45, 7) is 8.18. The van der Waals surface area contributed by atoms with E-state index in [1.807, 2.05) is 24.9 Å². The van der Waals surface area contributed by atoms with E-state index in [-0.39, 0.29) is 18.3 Å². The predicted molar refractivity (Wildman–Crippen MR) is 105 cm³/mol. The standard InChI is InChI=1S/C20H27N3O.ClH/c1-14-6-5-7-18(12-14)23-15(2)13-19(16(23)3)20(24)22(4)17-8-10-21-11-9-17;/h5-7,12-13,17,21H,8-11H2,1-4H3;1H. The Morgan fingerprint density at radius 1 is 1.16 bits per heavy atom. The third kappa shape index (κ3) is 3.91. The van der Waals surface area contributed by atoms with Crippen molar-refractivity contribution in [3.8, 4) is 5.69 Å². The molecule has 0 spiro atoms. The van der Waals surface area contributed by atoms with Crippen LogP contribution in [0.2, 0.25) is 0 Å². The van der Waals surface area contributed by atoms with Gasteiger partial charge in [0.05, 0.1) is 5.56 Å². The highest BCUT2D eigenvalue weighted by atomic mass is 35.5. The first-order chi connectivity index (χ1) is 11.5. The van der Waals surface area contributed by atoms with E-state index in [1.54, 1.807) is 0 Å². The second-order valence-corrected chi connectivity index (χ2v) is 6.86. The molecule has 0 radical (unpaired) electrons. The molecule has 1 aliphatic rings. The number of nitrogens with one attached hydrogen (secondary N) is 1. The van der Waals surface area contributed by atoms with Gasteiger partial charge in [-0.25, -0.2) is 0 Å². The number of hydrogen-bond acceptors (Lipinski definition) is 2. The van der Waals surface area contributed by atoms with Crippen LogP contribution >= 0.6 is 12.4 Å². The lowest BCUT2D eigenvalue weighted by atomic mass is 10.0. The molecule has 4 nitrogen and oxygen atoms in total. The molecule has 1 aromatic carbocycles. The number of carbonyl (C=O) groups excluding carboxylic acids is 1. The molecular formula is C20H28ClN3O. The van der Waals surface area contributed by atoms with Crippen molar-refractivity contribution in [3.05, 3.63) is 52.8 Å². The first-order valence-corrected chi connectivity index (χ1v) is 8.73. The summed E-state index contributed by atoms with van der Waals surface area (Å²) in [6, 6.07) is 10.8. The van der Waals surface area contributed by atoms with E-state index in [1.165, 1.54) is 5.56 Å². The smallest absolute Gasteiger partial charge is 0.255 e. The second-order valence-electron chi connectivity index (χ2n) is 6.86. The van der Waals surface area contributed by atoms with E-state index in [2.05, 4.69) is 48.0 Å². The van der Waals surface area contributed by atoms with Crippen molar-refractivity contribution in [1.29, 1.82) is 0 Å². The van der Waals surface area contributed by atoms with Crippen molar-refractivity contribution in [3.63, 3.8) is 0 Å². The molecule has 3 rings (SSSR count). The molecule has 2 aromatic rings. The Balaban J connectivity index is 0.00000225. The zero-order valence-electron chi connectivity index (χ0n) is 15.5. The van der Waals surface area contributed by atoms with Crippen molar-refractivity contribution in [1.82, 2.24) is 14.8 Å². The molecule has 1 aliphatic heterocycles. The Morgan fingerprint density at radius 2 is 1.84 bits per heavy atom. The molecule has 0 bridgehead atoms. The third-order valence-electron chi connectivity index (χ3n) is 5.10. The average molecular weight is 362 g/mol. The van der Waals surface area contributed by atoms with Gasteiger partial charge in [0, 0.05) is 30.2 Å². The first kappa shape index (κ1) is 19.5. The van der Waals surface area contributed by atoms with Gasteiger partial charge in [0.15, 0.2) is 0 Å². The van der Waals surface area contributed by atoms with Gasteiger partial charge in [0.1, 0.15) is 0 Å². The van der Waals surface area contributed by atoms with Gasteiger partial charge in [-0.05, 0) is 70.5 Å². The van der Waals surface area contributed by atoms with Crippen LogP contribution in [0.25, 0.3) is 5.69 Å². The minimum Gasteiger partial charge on any atom is -0.339 e. The highest BCUT2D eigenvalue weighted by Crippen LogP contribution is 2.24. The van der Waals surface area contributed by atoms with Crippen molar-refractivity contribution in [2.75, 3.05) is 20.1 Å². The van der Waals surface area contributed by atoms with Gasteiger partial charge < -0.3 is 14.8 Å². The molecule has 2 heterocycles. The molecule has 25 heavy (non-hydrogen) atoms. The molecular weight excluding hydrogens is 334 g/mol. The fraction of sp³-hybridized carbons (Fsp3) is 0.450. The fourth-order valence-electron chi connectivity index (χ4n) is 3.69. The molecule has 1 fully saturated rings. The van der Waals surface area contributed by atoms with Crippen LogP contribution < -0.4 is 5.32 Å². The van der Waals surface area contributed by atoms with E-state index in [9.17, 15) is 4.79 Å². The van der Waals surface area contributed by atoms with Crippen molar-refractivity contribution in [2.24, 2.45) is 0 Å². The Kier molecular flexibility index (Phi) is 6.31. The summed E-state index contributed by atoms with van der Waals surface area (Å²) < 4.78 is 2.18. The molecule has 0 saturated carbocycles. The van der Waals surface area contributed by atoms with Crippen molar-refractivity contribution < 1.29 is 4.79 Å². The minimum absolute atomic E-state index is 0. The number of aromatic nitrogens is 1. The van der Waals surface area contributed by atoms with Crippen molar-refractivity contribution >= 4 is 18.3 Å². The molecule has 1 aromatic heterocycles. The van der Waals surface area contributed by atoms with E-state index in [0.29, 0.717) is 6.04 Å². The number of amides is 1. The maximum atomic E-state index is 13.0. The van der Waals surface area contributed by atoms with Crippen LogP contribution in [0, 0.1) is 20.8 Å². The lowest BCUT2D eigenvalue weighted by Crippen LogP contribution is -2.44. The zero-order valence-corrected chi connectivity index (χ0v) is 16.3. The summed E-state index contributed by atoms with van der Waals surface area (Å²) >= 11 is 0. The maximum Gasteiger partial charge on any atom is 0.255 e. The Bertz CT molecular complexity index is 747. The summed E-state index contributed by atoms with van der Waals surface area (Å²) in [5.74, 6) is 0.133. The number of hydrogen-bond donors (Lipinski definition) is 1. The van der Waals surface area contributed by atoms with Gasteiger partial charge in [-0.2, -0.15) is 0 Å². The summed E-state index contributed by atoms with van der Waals surface area (Å²) in [7, 11) is 1.94. The van der Waals surface area contributed by atoms with E-state index < -0.39 is 0 Å². The fourth-order valence-corrected chi connectivity index (χ4v) is 3.69. The van der Waals surface area contributed by atoms with Crippen LogP contribution in [-0.2, 0) is 0 Å². The van der Waals surface area contributed by atoms with Crippen LogP contribution in [0.4, 0.5) is 0 Å². The monoisotopic (exact) mass is 361 g/mol. The van der Waals surface area contributed by atoms with Crippen LogP contribution in [0.3, 0.4) is 0 Å². The largest absolute Gasteiger partial charge is 0.339 e. The molecule has 5 heteroatoms. The molecule has 1 N–H and O–H groups in total. The van der Waals surface area contributed by atoms with Gasteiger partial charge in [-0.3, -0.25) is 4.79 Å². The van der Waals surface area contributed by atoms with Gasteiger partial charge in [-0.1, -0.05) is 12.1 Å². The highest BCUT2D eigenvalue weighted by molar-refractivity contribution is 5.96. The predicted octanol–water partition coefficient (Wildman–Crippen LogP) is 3.65. The summed E-state index contributed by atoms with van der Waals surface area (Å²) in [5, 5.41) is 3.36. The highest BCUT2D eigenvalue weighted by Gasteiger charge is 2.25. The zero-order chi connectivity index (χ0) is 17.3. The number of halogens is 1. The maximum absolute atomic E-state index is 13.0. The Hall–Kier alpha value is -1.78.